The van der Waals surface area contributed by atoms with Gasteiger partial charge in [-0.1, -0.05) is 17.7 Å². The van der Waals surface area contributed by atoms with Crippen LogP contribution in [0.25, 0.3) is 0 Å². The summed E-state index contributed by atoms with van der Waals surface area (Å²) in [5.74, 6) is -1.76. The Labute approximate surface area is 101 Å². The molecule has 4 heteroatoms. The van der Waals surface area contributed by atoms with E-state index in [1.807, 2.05) is 13.0 Å². The van der Waals surface area contributed by atoms with Crippen LogP contribution in [0.3, 0.4) is 0 Å². The molecule has 0 spiro atoms. The molecule has 0 fully saturated rings. The van der Waals surface area contributed by atoms with Gasteiger partial charge in [0.05, 0.1) is 5.92 Å². The summed E-state index contributed by atoms with van der Waals surface area (Å²) in [5, 5.41) is 11.5. The highest BCUT2D eigenvalue weighted by molar-refractivity contribution is 5.94. The van der Waals surface area contributed by atoms with Crippen LogP contribution in [0.2, 0.25) is 0 Å². The van der Waals surface area contributed by atoms with E-state index in [4.69, 9.17) is 5.11 Å². The predicted molar refractivity (Wildman–Crippen MR) is 64.9 cm³/mol. The molecule has 1 amide bonds. The number of hydrogen-bond donors (Lipinski definition) is 2. The Bertz CT molecular complexity index is 428. The van der Waals surface area contributed by atoms with E-state index in [1.165, 1.54) is 0 Å². The van der Waals surface area contributed by atoms with Crippen molar-refractivity contribution in [2.24, 2.45) is 5.92 Å². The zero-order valence-electron chi connectivity index (χ0n) is 10.2. The van der Waals surface area contributed by atoms with Crippen molar-refractivity contribution in [1.29, 1.82) is 0 Å². The van der Waals surface area contributed by atoms with Crippen molar-refractivity contribution in [1.82, 2.24) is 5.32 Å². The van der Waals surface area contributed by atoms with E-state index in [1.54, 1.807) is 32.0 Å². The second-order valence-electron chi connectivity index (χ2n) is 4.26. The summed E-state index contributed by atoms with van der Waals surface area (Å²) in [6.45, 7) is 5.16. The first-order valence-electron chi connectivity index (χ1n) is 5.52. The largest absolute Gasteiger partial charge is 0.481 e. The predicted octanol–water partition coefficient (Wildman–Crippen LogP) is 1.83. The topological polar surface area (TPSA) is 66.4 Å². The van der Waals surface area contributed by atoms with Crippen LogP contribution in [0.4, 0.5) is 0 Å². The lowest BCUT2D eigenvalue weighted by Crippen LogP contribution is -2.40. The second-order valence-corrected chi connectivity index (χ2v) is 4.26. The lowest BCUT2D eigenvalue weighted by Gasteiger charge is -2.17. The molecular formula is C13H17NO3. The smallest absolute Gasteiger partial charge is 0.308 e. The van der Waals surface area contributed by atoms with Gasteiger partial charge in [0.15, 0.2) is 0 Å². The summed E-state index contributed by atoms with van der Waals surface area (Å²) in [6, 6.07) is 6.78. The summed E-state index contributed by atoms with van der Waals surface area (Å²) in [6.07, 6.45) is 0. The molecule has 2 N–H and O–H groups in total. The van der Waals surface area contributed by atoms with Gasteiger partial charge in [-0.3, -0.25) is 9.59 Å². The van der Waals surface area contributed by atoms with E-state index in [0.717, 1.165) is 5.56 Å². The number of carboxylic acids is 1. The summed E-state index contributed by atoms with van der Waals surface area (Å²) in [7, 11) is 0. The Morgan fingerprint density at radius 2 is 1.94 bits per heavy atom. The van der Waals surface area contributed by atoms with Gasteiger partial charge in [-0.05, 0) is 32.9 Å². The van der Waals surface area contributed by atoms with Gasteiger partial charge in [0.2, 0.25) is 0 Å². The molecule has 0 bridgehead atoms. The van der Waals surface area contributed by atoms with Gasteiger partial charge < -0.3 is 10.4 Å². The van der Waals surface area contributed by atoms with Gasteiger partial charge in [0, 0.05) is 11.6 Å². The molecule has 4 nitrogen and oxygen atoms in total. The molecule has 1 aromatic carbocycles. The number of nitrogens with one attached hydrogen (secondary N) is 1. The lowest BCUT2D eigenvalue weighted by atomic mass is 10.0. The minimum Gasteiger partial charge on any atom is -0.481 e. The fourth-order valence-corrected chi connectivity index (χ4v) is 1.42. The number of aryl methyl sites for hydroxylation is 1. The van der Waals surface area contributed by atoms with Crippen LogP contribution in [0.1, 0.15) is 29.8 Å². The number of carbonyl (C=O) groups excluding carboxylic acids is 1. The van der Waals surface area contributed by atoms with E-state index in [9.17, 15) is 9.59 Å². The molecule has 0 aliphatic rings. The van der Waals surface area contributed by atoms with Crippen molar-refractivity contribution < 1.29 is 14.7 Å². The third-order valence-corrected chi connectivity index (χ3v) is 2.78. The van der Waals surface area contributed by atoms with E-state index >= 15 is 0 Å². The summed E-state index contributed by atoms with van der Waals surface area (Å²) in [4.78, 5) is 22.6. The van der Waals surface area contributed by atoms with Gasteiger partial charge in [0.25, 0.3) is 5.91 Å². The Balaban J connectivity index is 2.70. The Kier molecular flexibility index (Phi) is 4.26. The molecule has 0 radical (unpaired) electrons. The monoisotopic (exact) mass is 235 g/mol. The molecule has 0 aliphatic carbocycles. The number of aliphatic carboxylic acids is 1. The number of carbonyl (C=O) groups is 2. The van der Waals surface area contributed by atoms with E-state index in [-0.39, 0.29) is 5.91 Å². The maximum Gasteiger partial charge on any atom is 0.308 e. The molecule has 0 saturated carbocycles. The minimum absolute atomic E-state index is 0.241. The van der Waals surface area contributed by atoms with Crippen molar-refractivity contribution in [3.8, 4) is 0 Å². The van der Waals surface area contributed by atoms with Crippen molar-refractivity contribution in [3.05, 3.63) is 35.4 Å². The third kappa shape index (κ3) is 3.59. The van der Waals surface area contributed by atoms with Gasteiger partial charge in [-0.25, -0.2) is 0 Å². The van der Waals surface area contributed by atoms with Crippen molar-refractivity contribution in [2.75, 3.05) is 0 Å². The first-order chi connectivity index (χ1) is 7.91. The second kappa shape index (κ2) is 5.48. The van der Waals surface area contributed by atoms with Crippen LogP contribution in [-0.2, 0) is 4.79 Å². The molecular weight excluding hydrogens is 218 g/mol. The quantitative estimate of drug-likeness (QED) is 0.836. The highest BCUT2D eigenvalue weighted by Gasteiger charge is 2.21. The van der Waals surface area contributed by atoms with Crippen LogP contribution in [0.15, 0.2) is 24.3 Å². The number of hydrogen-bond acceptors (Lipinski definition) is 2. The number of carboxylic acid groups (broad SMARTS) is 1. The van der Waals surface area contributed by atoms with Crippen LogP contribution in [-0.4, -0.2) is 23.0 Å². The van der Waals surface area contributed by atoms with Gasteiger partial charge in [0.1, 0.15) is 0 Å². The zero-order chi connectivity index (χ0) is 13.0. The van der Waals surface area contributed by atoms with Crippen LogP contribution in [0.5, 0.6) is 0 Å². The molecule has 1 rings (SSSR count). The van der Waals surface area contributed by atoms with E-state index < -0.39 is 17.9 Å². The van der Waals surface area contributed by atoms with Crippen molar-refractivity contribution >= 4 is 11.9 Å². The lowest BCUT2D eigenvalue weighted by molar-refractivity contribution is -0.141. The molecule has 1 aromatic rings. The number of benzene rings is 1. The maximum atomic E-state index is 11.8. The molecule has 2 unspecified atom stereocenters. The van der Waals surface area contributed by atoms with Crippen LogP contribution < -0.4 is 5.32 Å². The van der Waals surface area contributed by atoms with Crippen LogP contribution in [0, 0.1) is 12.8 Å². The number of rotatable bonds is 4. The molecule has 0 saturated heterocycles. The highest BCUT2D eigenvalue weighted by Crippen LogP contribution is 2.07. The summed E-state index contributed by atoms with van der Waals surface area (Å²) in [5.41, 5.74) is 1.55. The Morgan fingerprint density at radius 1 is 1.29 bits per heavy atom. The summed E-state index contributed by atoms with van der Waals surface area (Å²) < 4.78 is 0. The van der Waals surface area contributed by atoms with Gasteiger partial charge >= 0.3 is 5.97 Å². The van der Waals surface area contributed by atoms with Crippen LogP contribution >= 0.6 is 0 Å². The normalized spacial score (nSPS) is 13.8. The molecule has 0 heterocycles. The fourth-order valence-electron chi connectivity index (χ4n) is 1.42. The summed E-state index contributed by atoms with van der Waals surface area (Å²) >= 11 is 0. The molecule has 92 valence electrons. The average molecular weight is 235 g/mol. The maximum absolute atomic E-state index is 11.8. The molecule has 17 heavy (non-hydrogen) atoms. The zero-order valence-corrected chi connectivity index (χ0v) is 10.2. The van der Waals surface area contributed by atoms with Gasteiger partial charge in [-0.2, -0.15) is 0 Å². The van der Waals surface area contributed by atoms with Crippen molar-refractivity contribution in [3.63, 3.8) is 0 Å². The third-order valence-electron chi connectivity index (χ3n) is 2.78. The SMILES string of the molecule is Cc1cccc(C(=O)NC(C)C(C)C(=O)O)c1. The van der Waals surface area contributed by atoms with E-state index in [0.29, 0.717) is 5.56 Å². The molecule has 2 atom stereocenters. The standard InChI is InChI=1S/C13H17NO3/c1-8-5-4-6-11(7-8)12(15)14-10(3)9(2)13(16)17/h4-7,9-10H,1-3H3,(H,14,15)(H,16,17). The Morgan fingerprint density at radius 3 is 2.47 bits per heavy atom. The number of amides is 1. The van der Waals surface area contributed by atoms with E-state index in [2.05, 4.69) is 5.32 Å². The van der Waals surface area contributed by atoms with Gasteiger partial charge in [-0.15, -0.1) is 0 Å². The fraction of sp³-hybridized carbons (Fsp3) is 0.385. The molecule has 0 aromatic heterocycles. The first-order valence-corrected chi connectivity index (χ1v) is 5.52. The molecule has 0 aliphatic heterocycles. The minimum atomic E-state index is -0.915. The first kappa shape index (κ1) is 13.2. The highest BCUT2D eigenvalue weighted by atomic mass is 16.4. The van der Waals surface area contributed by atoms with Crippen molar-refractivity contribution in [2.45, 2.75) is 26.8 Å². The average Bonchev–Trinajstić information content (AvgIpc) is 2.27. The Hall–Kier alpha value is -1.84.